The maximum absolute atomic E-state index is 12.6. The number of thioether (sulfide) groups is 1. The van der Waals surface area contributed by atoms with Crippen molar-refractivity contribution in [1.82, 2.24) is 15.2 Å². The highest BCUT2D eigenvalue weighted by molar-refractivity contribution is 8.18. The zero-order chi connectivity index (χ0) is 23.4. The second-order valence-corrected chi connectivity index (χ2v) is 8.42. The van der Waals surface area contributed by atoms with Crippen LogP contribution in [0.1, 0.15) is 44.6 Å². The number of carbonyl (C=O) groups is 4. The lowest BCUT2D eigenvalue weighted by atomic mass is 10.1. The Morgan fingerprint density at radius 1 is 1.22 bits per heavy atom. The van der Waals surface area contributed by atoms with Gasteiger partial charge in [0.25, 0.3) is 17.1 Å². The van der Waals surface area contributed by atoms with Crippen LogP contribution in [0.2, 0.25) is 5.02 Å². The number of ether oxygens (including phenoxy) is 1. The fourth-order valence-corrected chi connectivity index (χ4v) is 4.25. The molecule has 1 aliphatic rings. The van der Waals surface area contributed by atoms with Crippen molar-refractivity contribution in [3.63, 3.8) is 0 Å². The summed E-state index contributed by atoms with van der Waals surface area (Å²) in [6.07, 6.45) is 1.63. The highest BCUT2D eigenvalue weighted by Crippen LogP contribution is 2.32. The van der Waals surface area contributed by atoms with Gasteiger partial charge in [0.05, 0.1) is 17.1 Å². The second-order valence-electron chi connectivity index (χ2n) is 6.99. The third kappa shape index (κ3) is 5.05. The van der Waals surface area contributed by atoms with Crippen LogP contribution in [0.15, 0.2) is 29.2 Å². The van der Waals surface area contributed by atoms with Gasteiger partial charge >= 0.3 is 5.97 Å². The average molecular weight is 476 g/mol. The number of benzene rings is 1. The number of nitrogens with one attached hydrogen (secondary N) is 2. The lowest BCUT2D eigenvalue weighted by Crippen LogP contribution is -2.37. The van der Waals surface area contributed by atoms with Gasteiger partial charge < -0.3 is 15.0 Å². The molecule has 0 unspecified atom stereocenters. The molecule has 1 aromatic heterocycles. The van der Waals surface area contributed by atoms with Crippen LogP contribution in [0.3, 0.4) is 0 Å². The summed E-state index contributed by atoms with van der Waals surface area (Å²) < 4.78 is 5.03. The first-order valence-corrected chi connectivity index (χ1v) is 11.1. The number of carbonyl (C=O) groups excluding carboxylic acids is 4. The number of amides is 3. The van der Waals surface area contributed by atoms with E-state index in [4.69, 9.17) is 16.3 Å². The van der Waals surface area contributed by atoms with Gasteiger partial charge in [0.1, 0.15) is 5.69 Å². The average Bonchev–Trinajstić information content (AvgIpc) is 3.19. The summed E-state index contributed by atoms with van der Waals surface area (Å²) in [4.78, 5) is 53.8. The molecule has 2 aromatic rings. The van der Waals surface area contributed by atoms with Gasteiger partial charge in [-0.15, -0.1) is 0 Å². The van der Waals surface area contributed by atoms with Crippen molar-refractivity contribution < 1.29 is 23.9 Å². The summed E-state index contributed by atoms with van der Waals surface area (Å²) in [7, 11) is 0. The van der Waals surface area contributed by atoms with Gasteiger partial charge in [-0.25, -0.2) is 4.79 Å². The molecule has 1 saturated heterocycles. The van der Waals surface area contributed by atoms with Crippen molar-refractivity contribution in [2.45, 2.75) is 20.8 Å². The fraction of sp³-hybridized carbons (Fsp3) is 0.273. The Hall–Kier alpha value is -3.04. The molecule has 0 spiro atoms. The monoisotopic (exact) mass is 475 g/mol. The molecule has 0 atom stereocenters. The zero-order valence-corrected chi connectivity index (χ0v) is 19.4. The maximum Gasteiger partial charge on any atom is 0.340 e. The first-order chi connectivity index (χ1) is 15.2. The number of rotatable bonds is 7. The Morgan fingerprint density at radius 2 is 1.91 bits per heavy atom. The molecule has 10 heteroatoms. The molecule has 1 aromatic carbocycles. The highest BCUT2D eigenvalue weighted by Gasteiger charge is 2.34. The van der Waals surface area contributed by atoms with Gasteiger partial charge in [-0.2, -0.15) is 0 Å². The largest absolute Gasteiger partial charge is 0.462 e. The Kier molecular flexibility index (Phi) is 7.42. The summed E-state index contributed by atoms with van der Waals surface area (Å²) in [6.45, 7) is 5.37. The van der Waals surface area contributed by atoms with Crippen LogP contribution < -0.4 is 5.32 Å². The van der Waals surface area contributed by atoms with Crippen LogP contribution in [-0.4, -0.2) is 52.6 Å². The molecule has 2 heterocycles. The summed E-state index contributed by atoms with van der Waals surface area (Å²) in [6, 6.07) is 6.90. The van der Waals surface area contributed by atoms with E-state index in [0.29, 0.717) is 26.7 Å². The number of hydrogen-bond acceptors (Lipinski definition) is 6. The number of aryl methyl sites for hydroxylation is 1. The van der Waals surface area contributed by atoms with E-state index in [2.05, 4.69) is 10.3 Å². The standard InChI is InChI=1S/C22H22ClN3O5S/c1-4-31-21(29)17-12(2)18(25-13(17)3)19(27)24-9-10-26-20(28)16(32-22(26)30)11-14-5-7-15(23)8-6-14/h5-8,11,25H,4,9-10H2,1-3H3,(H,24,27)/b16-11-. The van der Waals surface area contributed by atoms with Crippen molar-refractivity contribution in [1.29, 1.82) is 0 Å². The van der Waals surface area contributed by atoms with E-state index in [1.165, 1.54) is 0 Å². The first kappa shape index (κ1) is 23.6. The van der Waals surface area contributed by atoms with Gasteiger partial charge in [-0.1, -0.05) is 23.7 Å². The lowest BCUT2D eigenvalue weighted by Gasteiger charge is -2.13. The van der Waals surface area contributed by atoms with E-state index in [1.807, 2.05) is 0 Å². The molecule has 0 saturated carbocycles. The number of halogens is 1. The van der Waals surface area contributed by atoms with Crippen molar-refractivity contribution in [2.75, 3.05) is 19.7 Å². The summed E-state index contributed by atoms with van der Waals surface area (Å²) in [5, 5.41) is 2.85. The predicted octanol–water partition coefficient (Wildman–Crippen LogP) is 3.93. The first-order valence-electron chi connectivity index (χ1n) is 9.88. The molecular weight excluding hydrogens is 454 g/mol. The maximum atomic E-state index is 12.6. The zero-order valence-electron chi connectivity index (χ0n) is 17.8. The van der Waals surface area contributed by atoms with Crippen LogP contribution in [0.25, 0.3) is 6.08 Å². The Balaban J connectivity index is 1.62. The Morgan fingerprint density at radius 3 is 2.56 bits per heavy atom. The summed E-state index contributed by atoms with van der Waals surface area (Å²) >= 11 is 6.71. The quantitative estimate of drug-likeness (QED) is 0.464. The van der Waals surface area contributed by atoms with Crippen molar-refractivity contribution in [3.05, 3.63) is 62.3 Å². The predicted molar refractivity (Wildman–Crippen MR) is 123 cm³/mol. The van der Waals surface area contributed by atoms with Crippen molar-refractivity contribution in [3.8, 4) is 0 Å². The van der Waals surface area contributed by atoms with E-state index in [0.717, 1.165) is 22.2 Å². The number of esters is 1. The minimum atomic E-state index is -0.497. The number of hydrogen-bond donors (Lipinski definition) is 2. The third-order valence-corrected chi connectivity index (χ3v) is 5.97. The summed E-state index contributed by atoms with van der Waals surface area (Å²) in [5.74, 6) is -1.35. The summed E-state index contributed by atoms with van der Waals surface area (Å²) in [5.41, 5.74) is 2.33. The molecule has 32 heavy (non-hydrogen) atoms. The van der Waals surface area contributed by atoms with Gasteiger partial charge in [-0.05, 0) is 61.9 Å². The molecule has 3 amide bonds. The number of aromatic amines is 1. The number of imide groups is 1. The van der Waals surface area contributed by atoms with E-state index in [9.17, 15) is 19.2 Å². The minimum absolute atomic E-state index is 0.0256. The molecule has 0 bridgehead atoms. The van der Waals surface area contributed by atoms with E-state index >= 15 is 0 Å². The molecule has 8 nitrogen and oxygen atoms in total. The van der Waals surface area contributed by atoms with Crippen LogP contribution >= 0.6 is 23.4 Å². The highest BCUT2D eigenvalue weighted by atomic mass is 35.5. The Labute approximate surface area is 194 Å². The number of H-pyrrole nitrogens is 1. The fourth-order valence-electron chi connectivity index (χ4n) is 3.26. The van der Waals surface area contributed by atoms with Crippen LogP contribution in [0, 0.1) is 13.8 Å². The SMILES string of the molecule is CCOC(=O)c1c(C)[nH]c(C(=O)NCCN2C(=O)S/C(=C\c3ccc(Cl)cc3)C2=O)c1C. The van der Waals surface area contributed by atoms with Gasteiger partial charge in [0.15, 0.2) is 0 Å². The molecule has 168 valence electrons. The second kappa shape index (κ2) is 10.1. The molecule has 2 N–H and O–H groups in total. The van der Waals surface area contributed by atoms with Gasteiger partial charge in [0, 0.05) is 23.8 Å². The van der Waals surface area contributed by atoms with Crippen LogP contribution in [0.5, 0.6) is 0 Å². The van der Waals surface area contributed by atoms with E-state index < -0.39 is 23.0 Å². The molecule has 3 rings (SSSR count). The molecule has 0 radical (unpaired) electrons. The van der Waals surface area contributed by atoms with E-state index in [-0.39, 0.29) is 25.4 Å². The topological polar surface area (TPSA) is 109 Å². The third-order valence-electron chi connectivity index (χ3n) is 4.81. The van der Waals surface area contributed by atoms with Crippen LogP contribution in [-0.2, 0) is 9.53 Å². The molecule has 1 aliphatic heterocycles. The lowest BCUT2D eigenvalue weighted by molar-refractivity contribution is -0.122. The normalized spacial score (nSPS) is 14.9. The molecule has 0 aliphatic carbocycles. The van der Waals surface area contributed by atoms with Gasteiger partial charge in [-0.3, -0.25) is 19.3 Å². The van der Waals surface area contributed by atoms with Crippen LogP contribution in [0.4, 0.5) is 4.79 Å². The molecule has 1 fully saturated rings. The van der Waals surface area contributed by atoms with Gasteiger partial charge in [0.2, 0.25) is 0 Å². The van der Waals surface area contributed by atoms with Crippen molar-refractivity contribution in [2.24, 2.45) is 0 Å². The van der Waals surface area contributed by atoms with E-state index in [1.54, 1.807) is 51.1 Å². The Bertz CT molecular complexity index is 1110. The van der Waals surface area contributed by atoms with Crippen molar-refractivity contribution >= 4 is 52.5 Å². The number of nitrogens with zero attached hydrogens (tertiary/aromatic N) is 1. The number of aromatic nitrogens is 1. The smallest absolute Gasteiger partial charge is 0.340 e. The minimum Gasteiger partial charge on any atom is -0.462 e. The molecular formula is C22H22ClN3O5S.